The average Bonchev–Trinajstić information content (AvgIpc) is 2.70. The summed E-state index contributed by atoms with van der Waals surface area (Å²) >= 11 is 12.5. The Morgan fingerprint density at radius 1 is 1.00 bits per heavy atom. The standard InChI is InChI=1S/C25H29Cl2N3/c1-15(2)9-18-14-29-24-8-3-16(17-10-19(26)13-20(27)11-17)12-23(24)25(18)30-22-6-4-21(28)5-7-22/h3,8,10-15,21-22H,4-7,9,28H2,1-2H3,(H,29,30). The zero-order valence-electron chi connectivity index (χ0n) is 17.6. The van der Waals surface area contributed by atoms with Gasteiger partial charge >= 0.3 is 0 Å². The highest BCUT2D eigenvalue weighted by Gasteiger charge is 2.21. The van der Waals surface area contributed by atoms with Crippen LogP contribution in [0.5, 0.6) is 0 Å². The number of halogens is 2. The van der Waals surface area contributed by atoms with Crippen LogP contribution in [0.15, 0.2) is 42.6 Å². The molecule has 1 fully saturated rings. The van der Waals surface area contributed by atoms with Crippen LogP contribution in [0, 0.1) is 5.92 Å². The fourth-order valence-corrected chi connectivity index (χ4v) is 4.89. The Labute approximate surface area is 189 Å². The highest BCUT2D eigenvalue weighted by atomic mass is 35.5. The predicted octanol–water partition coefficient (Wildman–Crippen LogP) is 7.09. The molecule has 1 heterocycles. The van der Waals surface area contributed by atoms with E-state index in [4.69, 9.17) is 33.9 Å². The summed E-state index contributed by atoms with van der Waals surface area (Å²) in [5.41, 5.74) is 11.7. The minimum absolute atomic E-state index is 0.339. The number of nitrogens with one attached hydrogen (secondary N) is 1. The van der Waals surface area contributed by atoms with E-state index in [1.807, 2.05) is 18.3 Å². The first-order chi connectivity index (χ1) is 14.4. The number of hydrogen-bond acceptors (Lipinski definition) is 3. The Balaban J connectivity index is 1.79. The molecule has 0 unspecified atom stereocenters. The van der Waals surface area contributed by atoms with Crippen molar-refractivity contribution in [3.8, 4) is 11.1 Å². The molecule has 1 aromatic heterocycles. The molecule has 1 aliphatic rings. The summed E-state index contributed by atoms with van der Waals surface area (Å²) in [5.74, 6) is 0.555. The first kappa shape index (κ1) is 21.4. The number of benzene rings is 2. The quantitative estimate of drug-likeness (QED) is 0.444. The van der Waals surface area contributed by atoms with Gasteiger partial charge in [-0.15, -0.1) is 0 Å². The zero-order chi connectivity index (χ0) is 21.3. The van der Waals surface area contributed by atoms with Crippen molar-refractivity contribution in [2.24, 2.45) is 11.7 Å². The Morgan fingerprint density at radius 3 is 2.37 bits per heavy atom. The highest BCUT2D eigenvalue weighted by Crippen LogP contribution is 2.35. The fourth-order valence-electron chi connectivity index (χ4n) is 4.37. The summed E-state index contributed by atoms with van der Waals surface area (Å²) in [6.45, 7) is 4.50. The van der Waals surface area contributed by atoms with Gasteiger partial charge in [0.2, 0.25) is 0 Å². The van der Waals surface area contributed by atoms with Crippen molar-refractivity contribution < 1.29 is 0 Å². The van der Waals surface area contributed by atoms with Gasteiger partial charge in [-0.25, -0.2) is 0 Å². The van der Waals surface area contributed by atoms with Crippen LogP contribution >= 0.6 is 23.2 Å². The molecule has 1 saturated carbocycles. The molecule has 0 saturated heterocycles. The molecule has 0 bridgehead atoms. The first-order valence-corrected chi connectivity index (χ1v) is 11.5. The second-order valence-corrected chi connectivity index (χ2v) is 9.78. The molecule has 158 valence electrons. The van der Waals surface area contributed by atoms with Crippen molar-refractivity contribution in [3.63, 3.8) is 0 Å². The molecule has 3 N–H and O–H groups in total. The molecule has 5 heteroatoms. The molecule has 3 aromatic rings. The molecule has 3 nitrogen and oxygen atoms in total. The van der Waals surface area contributed by atoms with E-state index in [0.717, 1.165) is 54.1 Å². The van der Waals surface area contributed by atoms with Crippen molar-refractivity contribution in [3.05, 3.63) is 58.2 Å². The number of rotatable bonds is 5. The van der Waals surface area contributed by atoms with E-state index >= 15 is 0 Å². The molecule has 0 aliphatic heterocycles. The maximum atomic E-state index is 6.25. The summed E-state index contributed by atoms with van der Waals surface area (Å²) in [6, 6.07) is 12.8. The minimum Gasteiger partial charge on any atom is -0.381 e. The third-order valence-electron chi connectivity index (χ3n) is 5.89. The molecule has 0 radical (unpaired) electrons. The number of hydrogen-bond donors (Lipinski definition) is 2. The van der Waals surface area contributed by atoms with E-state index in [1.54, 1.807) is 6.07 Å². The van der Waals surface area contributed by atoms with E-state index in [9.17, 15) is 0 Å². The summed E-state index contributed by atoms with van der Waals surface area (Å²) in [6.07, 6.45) is 7.39. The van der Waals surface area contributed by atoms with Crippen LogP contribution in [0.1, 0.15) is 45.1 Å². The summed E-state index contributed by atoms with van der Waals surface area (Å²) < 4.78 is 0. The molecule has 30 heavy (non-hydrogen) atoms. The SMILES string of the molecule is CC(C)Cc1cnc2ccc(-c3cc(Cl)cc(Cl)c3)cc2c1NC1CCC(N)CC1. The van der Waals surface area contributed by atoms with E-state index in [-0.39, 0.29) is 0 Å². The maximum Gasteiger partial charge on any atom is 0.0723 e. The smallest absolute Gasteiger partial charge is 0.0723 e. The van der Waals surface area contributed by atoms with Gasteiger partial charge in [-0.05, 0) is 85.0 Å². The van der Waals surface area contributed by atoms with Crippen molar-refractivity contribution in [1.82, 2.24) is 4.98 Å². The molecular formula is C25H29Cl2N3. The molecular weight excluding hydrogens is 413 g/mol. The number of fused-ring (bicyclic) bond motifs is 1. The van der Waals surface area contributed by atoms with E-state index in [2.05, 4.69) is 37.4 Å². The van der Waals surface area contributed by atoms with E-state index < -0.39 is 0 Å². The first-order valence-electron chi connectivity index (χ1n) is 10.8. The van der Waals surface area contributed by atoms with Gasteiger partial charge in [0.1, 0.15) is 0 Å². The summed E-state index contributed by atoms with van der Waals surface area (Å²) in [7, 11) is 0. The minimum atomic E-state index is 0.339. The Morgan fingerprint density at radius 2 is 1.70 bits per heavy atom. The Hall–Kier alpha value is -1.81. The van der Waals surface area contributed by atoms with Crippen LogP contribution in [0.2, 0.25) is 10.0 Å². The molecule has 0 spiro atoms. The topological polar surface area (TPSA) is 50.9 Å². The molecule has 2 aromatic carbocycles. The summed E-state index contributed by atoms with van der Waals surface area (Å²) in [4.78, 5) is 4.76. The lowest BCUT2D eigenvalue weighted by molar-refractivity contribution is 0.411. The van der Waals surface area contributed by atoms with Crippen LogP contribution in [0.25, 0.3) is 22.0 Å². The predicted molar refractivity (Wildman–Crippen MR) is 130 cm³/mol. The average molecular weight is 442 g/mol. The Bertz CT molecular complexity index is 1020. The highest BCUT2D eigenvalue weighted by molar-refractivity contribution is 6.35. The van der Waals surface area contributed by atoms with Crippen LogP contribution in [0.4, 0.5) is 5.69 Å². The normalized spacial score (nSPS) is 19.4. The van der Waals surface area contributed by atoms with Gasteiger partial charge in [0, 0.05) is 39.4 Å². The van der Waals surface area contributed by atoms with Crippen molar-refractivity contribution in [2.75, 3.05) is 5.32 Å². The van der Waals surface area contributed by atoms with Gasteiger partial charge < -0.3 is 11.1 Å². The van der Waals surface area contributed by atoms with Crippen LogP contribution in [0.3, 0.4) is 0 Å². The van der Waals surface area contributed by atoms with Crippen LogP contribution in [-0.2, 0) is 6.42 Å². The van der Waals surface area contributed by atoms with Gasteiger partial charge in [-0.2, -0.15) is 0 Å². The Kier molecular flexibility index (Phi) is 6.52. The largest absolute Gasteiger partial charge is 0.381 e. The van der Waals surface area contributed by atoms with Gasteiger partial charge in [0.05, 0.1) is 5.52 Å². The van der Waals surface area contributed by atoms with Gasteiger partial charge in [-0.3, -0.25) is 4.98 Å². The second-order valence-electron chi connectivity index (χ2n) is 8.90. The molecule has 4 rings (SSSR count). The lowest BCUT2D eigenvalue weighted by atomic mass is 9.90. The van der Waals surface area contributed by atoms with Gasteiger partial charge in [-0.1, -0.05) is 43.1 Å². The van der Waals surface area contributed by atoms with E-state index in [0.29, 0.717) is 28.0 Å². The number of anilines is 1. The van der Waals surface area contributed by atoms with Gasteiger partial charge in [0.25, 0.3) is 0 Å². The van der Waals surface area contributed by atoms with Crippen molar-refractivity contribution in [1.29, 1.82) is 0 Å². The monoisotopic (exact) mass is 441 g/mol. The summed E-state index contributed by atoms with van der Waals surface area (Å²) in [5, 5.41) is 6.30. The number of aromatic nitrogens is 1. The molecule has 1 aliphatic carbocycles. The zero-order valence-corrected chi connectivity index (χ0v) is 19.1. The van der Waals surface area contributed by atoms with Crippen molar-refractivity contribution >= 4 is 39.8 Å². The van der Waals surface area contributed by atoms with Crippen LogP contribution in [-0.4, -0.2) is 17.1 Å². The van der Waals surface area contributed by atoms with Gasteiger partial charge in [0.15, 0.2) is 0 Å². The van der Waals surface area contributed by atoms with Crippen molar-refractivity contribution in [2.45, 2.75) is 58.0 Å². The second kappa shape index (κ2) is 9.13. The maximum absolute atomic E-state index is 6.25. The number of nitrogens with two attached hydrogens (primary N) is 1. The van der Waals surface area contributed by atoms with Crippen LogP contribution < -0.4 is 11.1 Å². The number of nitrogens with zero attached hydrogens (tertiary/aromatic N) is 1. The fraction of sp³-hybridized carbons (Fsp3) is 0.400. The molecule has 0 atom stereocenters. The third kappa shape index (κ3) is 4.91. The van der Waals surface area contributed by atoms with E-state index in [1.165, 1.54) is 11.3 Å². The lowest BCUT2D eigenvalue weighted by Crippen LogP contribution is -2.33. The molecule has 0 amide bonds. The lowest BCUT2D eigenvalue weighted by Gasteiger charge is -2.29. The third-order valence-corrected chi connectivity index (χ3v) is 6.33. The number of pyridine rings is 1.